The largest absolute Gasteiger partial charge is 0.494 e. The Hall–Kier alpha value is -7.17. The Bertz CT molecular complexity index is 2540. The lowest BCUT2D eigenvalue weighted by molar-refractivity contribution is 0.0686. The number of primary amides is 2. The first-order valence-electron chi connectivity index (χ1n) is 15.9. The highest BCUT2D eigenvalue weighted by atomic mass is 19.1. The molecule has 0 fully saturated rings. The van der Waals surface area contributed by atoms with Gasteiger partial charge in [-0.3, -0.25) is 9.59 Å². The number of methoxy groups -OCH3 is 2. The molecule has 2 aliphatic rings. The van der Waals surface area contributed by atoms with E-state index in [0.717, 1.165) is 0 Å². The van der Waals surface area contributed by atoms with Gasteiger partial charge < -0.3 is 49.8 Å². The number of aryl methyl sites for hydroxylation is 2. The van der Waals surface area contributed by atoms with Crippen molar-refractivity contribution in [2.24, 2.45) is 11.5 Å². The lowest BCUT2D eigenvalue weighted by atomic mass is 10.1. The highest BCUT2D eigenvalue weighted by molar-refractivity contribution is 6.04. The fraction of sp³-hybridized carbons (Fsp3) is 0.167. The second-order valence-corrected chi connectivity index (χ2v) is 11.7. The number of nitrogens with two attached hydrogens (primary N) is 2. The van der Waals surface area contributed by atoms with Crippen LogP contribution in [0.4, 0.5) is 4.39 Å². The van der Waals surface area contributed by atoms with E-state index in [9.17, 15) is 29.4 Å². The first kappa shape index (κ1) is 34.3. The van der Waals surface area contributed by atoms with Crippen molar-refractivity contribution in [3.05, 3.63) is 82.7 Å². The number of carboxylic acid groups (broad SMARTS) is 2. The molecule has 6 N–H and O–H groups in total. The first-order chi connectivity index (χ1) is 25.4. The van der Waals surface area contributed by atoms with Crippen molar-refractivity contribution in [3.8, 4) is 45.8 Å². The minimum atomic E-state index is -1.45. The van der Waals surface area contributed by atoms with Crippen LogP contribution >= 0.6 is 0 Å². The summed E-state index contributed by atoms with van der Waals surface area (Å²) in [5, 5.41) is 20.5. The molecule has 4 bridgehead atoms. The number of ether oxygens (including phenoxy) is 4. The number of carbonyl (C=O) groups is 4. The zero-order valence-corrected chi connectivity index (χ0v) is 28.0. The number of carboxylic acids is 2. The van der Waals surface area contributed by atoms with Gasteiger partial charge in [-0.2, -0.15) is 0 Å². The molecule has 270 valence electrons. The Kier molecular flexibility index (Phi) is 8.53. The lowest BCUT2D eigenvalue weighted by Crippen LogP contribution is -2.14. The predicted molar refractivity (Wildman–Crippen MR) is 185 cm³/mol. The second kappa shape index (κ2) is 13.2. The number of rotatable bonds is 6. The average Bonchev–Trinajstić information content (AvgIpc) is 3.69. The van der Waals surface area contributed by atoms with Crippen LogP contribution in [0.1, 0.15) is 41.4 Å². The molecule has 0 atom stereocenters. The molecule has 0 spiro atoms. The number of amides is 2. The van der Waals surface area contributed by atoms with E-state index in [2.05, 4.69) is 4.98 Å². The molecule has 8 rings (SSSR count). The van der Waals surface area contributed by atoms with Crippen molar-refractivity contribution in [1.29, 1.82) is 0 Å². The SMILES string of the molecule is COc1c(C(N)=O)ccc2c1nc1n2CCn2c(nc3c(OC)c(C(N)=O)ccc32)-c2c(C(=O)O)ccc(c2F)OCCOc2ccc-1c(C(=O)O)c2. The summed E-state index contributed by atoms with van der Waals surface area (Å²) >= 11 is 0. The summed E-state index contributed by atoms with van der Waals surface area (Å²) in [6, 6.07) is 12.7. The maximum Gasteiger partial charge on any atom is 0.336 e. The number of hydrogen-bond donors (Lipinski definition) is 4. The molecular formula is C36H29FN6O10. The Labute approximate surface area is 297 Å². The second-order valence-electron chi connectivity index (χ2n) is 11.7. The summed E-state index contributed by atoms with van der Waals surface area (Å²) in [6.45, 7) is -0.459. The van der Waals surface area contributed by atoms with Gasteiger partial charge in [-0.1, -0.05) is 0 Å². The van der Waals surface area contributed by atoms with Gasteiger partial charge in [0.1, 0.15) is 41.6 Å². The molecule has 0 radical (unpaired) electrons. The number of fused-ring (bicyclic) bond motifs is 8. The fourth-order valence-electron chi connectivity index (χ4n) is 6.55. The predicted octanol–water partition coefficient (Wildman–Crippen LogP) is 3.94. The van der Waals surface area contributed by atoms with Gasteiger partial charge in [0, 0.05) is 18.7 Å². The van der Waals surface area contributed by atoms with E-state index < -0.39 is 40.7 Å². The van der Waals surface area contributed by atoms with Gasteiger partial charge >= 0.3 is 11.9 Å². The van der Waals surface area contributed by atoms with Crippen molar-refractivity contribution >= 4 is 45.8 Å². The molecule has 0 unspecified atom stereocenters. The normalized spacial score (nSPS) is 12.7. The molecule has 0 saturated heterocycles. The van der Waals surface area contributed by atoms with Gasteiger partial charge in [-0.15, -0.1) is 0 Å². The summed E-state index contributed by atoms with van der Waals surface area (Å²) in [5.74, 6) is -5.49. The average molecular weight is 725 g/mol. The number of aromatic carboxylic acids is 2. The number of imidazole rings is 2. The highest BCUT2D eigenvalue weighted by Gasteiger charge is 2.29. The molecule has 0 saturated carbocycles. The summed E-state index contributed by atoms with van der Waals surface area (Å²) in [6.07, 6.45) is 0. The molecule has 53 heavy (non-hydrogen) atoms. The van der Waals surface area contributed by atoms with Crippen molar-refractivity contribution in [2.75, 3.05) is 27.4 Å². The van der Waals surface area contributed by atoms with E-state index in [-0.39, 0.29) is 94.2 Å². The van der Waals surface area contributed by atoms with E-state index in [4.69, 9.17) is 35.4 Å². The first-order valence-corrected chi connectivity index (χ1v) is 15.9. The van der Waals surface area contributed by atoms with Crippen LogP contribution in [0.15, 0.2) is 54.6 Å². The molecule has 2 amide bonds. The Morgan fingerprint density at radius 2 is 1.25 bits per heavy atom. The highest BCUT2D eigenvalue weighted by Crippen LogP contribution is 2.40. The minimum Gasteiger partial charge on any atom is -0.494 e. The zero-order valence-electron chi connectivity index (χ0n) is 28.0. The number of carbonyl (C=O) groups excluding carboxylic acids is 2. The molecular weight excluding hydrogens is 695 g/mol. The summed E-state index contributed by atoms with van der Waals surface area (Å²) in [5.41, 5.74) is 11.4. The molecule has 0 aliphatic carbocycles. The Balaban J connectivity index is 1.56. The van der Waals surface area contributed by atoms with E-state index >= 15 is 4.39 Å². The van der Waals surface area contributed by atoms with Crippen molar-refractivity contribution in [2.45, 2.75) is 13.1 Å². The number of aromatic nitrogens is 4. The number of nitrogens with zero attached hydrogens (tertiary/aromatic N) is 4. The van der Waals surface area contributed by atoms with Crippen LogP contribution in [0.3, 0.4) is 0 Å². The smallest absolute Gasteiger partial charge is 0.336 e. The third-order valence-electron chi connectivity index (χ3n) is 8.87. The fourth-order valence-corrected chi connectivity index (χ4v) is 6.55. The van der Waals surface area contributed by atoms with Crippen molar-refractivity contribution in [3.63, 3.8) is 0 Å². The standard InChI is InChI=1S/C36H29FN6O10/c1-50-29-19(31(38)44)5-8-22-27(29)40-33-17-4-3-16(15-21(17)36(48)49)52-13-14-53-24-10-7-18(35(46)47)25(26(24)37)34-41-28-23(43(34)12-11-42(22)33)9-6-20(32(39)45)30(28)51-2/h3-10,15H,11-14H2,1-2H3,(H2,38,44)(H2,39,45)(H,46,47)(H,48,49). The lowest BCUT2D eigenvalue weighted by Gasteiger charge is -2.16. The zero-order chi connectivity index (χ0) is 37.7. The third kappa shape index (κ3) is 5.63. The molecule has 17 heteroatoms. The quantitative estimate of drug-likeness (QED) is 0.191. The molecule has 16 nitrogen and oxygen atoms in total. The van der Waals surface area contributed by atoms with Crippen LogP contribution < -0.4 is 30.4 Å². The van der Waals surface area contributed by atoms with E-state index in [0.29, 0.717) is 11.0 Å². The number of hydrogen-bond acceptors (Lipinski definition) is 10. The van der Waals surface area contributed by atoms with E-state index in [1.54, 1.807) is 16.7 Å². The van der Waals surface area contributed by atoms with Crippen LogP contribution in [-0.4, -0.2) is 80.5 Å². The monoisotopic (exact) mass is 724 g/mol. The summed E-state index contributed by atoms with van der Waals surface area (Å²) in [4.78, 5) is 59.3. The van der Waals surface area contributed by atoms with Crippen LogP contribution in [-0.2, 0) is 13.1 Å². The van der Waals surface area contributed by atoms with Gasteiger partial charge in [0.2, 0.25) is 0 Å². The topological polar surface area (TPSA) is 233 Å². The van der Waals surface area contributed by atoms with E-state index in [1.165, 1.54) is 61.3 Å². The number of benzene rings is 4. The van der Waals surface area contributed by atoms with Crippen LogP contribution in [0.5, 0.6) is 23.0 Å². The van der Waals surface area contributed by atoms with Crippen molar-refractivity contribution < 1.29 is 52.7 Å². The third-order valence-corrected chi connectivity index (χ3v) is 8.87. The van der Waals surface area contributed by atoms with Gasteiger partial charge in [-0.05, 0) is 54.6 Å². The summed E-state index contributed by atoms with van der Waals surface area (Å²) in [7, 11) is 2.63. The van der Waals surface area contributed by atoms with E-state index in [1.807, 2.05) is 0 Å². The maximum absolute atomic E-state index is 16.6. The molecule has 4 aromatic carbocycles. The van der Waals surface area contributed by atoms with Gasteiger partial charge in [-0.25, -0.2) is 23.9 Å². The molecule has 2 aromatic heterocycles. The number of halogens is 1. The Morgan fingerprint density at radius 1 is 0.717 bits per heavy atom. The minimum absolute atomic E-state index is 0.0217. The van der Waals surface area contributed by atoms with Crippen LogP contribution in [0.25, 0.3) is 44.8 Å². The van der Waals surface area contributed by atoms with Gasteiger partial charge in [0.15, 0.2) is 23.1 Å². The van der Waals surface area contributed by atoms with Crippen molar-refractivity contribution in [1.82, 2.24) is 19.1 Å². The van der Waals surface area contributed by atoms with Crippen LogP contribution in [0, 0.1) is 5.82 Å². The molecule has 4 heterocycles. The molecule has 6 aromatic rings. The maximum atomic E-state index is 16.6. The molecule has 2 aliphatic heterocycles. The summed E-state index contributed by atoms with van der Waals surface area (Å²) < 4.78 is 42.3. The Morgan fingerprint density at radius 3 is 1.79 bits per heavy atom. The van der Waals surface area contributed by atoms with Gasteiger partial charge in [0.05, 0.1) is 53.1 Å². The van der Waals surface area contributed by atoms with Crippen LogP contribution in [0.2, 0.25) is 0 Å². The van der Waals surface area contributed by atoms with Gasteiger partial charge in [0.25, 0.3) is 11.8 Å².